The van der Waals surface area contributed by atoms with Crippen LogP contribution >= 0.6 is 0 Å². The average molecular weight is 159 g/mol. The van der Waals surface area contributed by atoms with E-state index in [1.807, 2.05) is 4.90 Å². The van der Waals surface area contributed by atoms with Crippen LogP contribution in [0.2, 0.25) is 0 Å². The molecule has 0 aromatic carbocycles. The molecule has 0 aromatic heterocycles. The second-order valence-corrected chi connectivity index (χ2v) is 3.46. The van der Waals surface area contributed by atoms with Gasteiger partial charge in [-0.05, 0) is 12.8 Å². The number of rotatable bonds is 1. The summed E-state index contributed by atoms with van der Waals surface area (Å²) in [7, 11) is 0. The summed E-state index contributed by atoms with van der Waals surface area (Å²) >= 11 is 0. The van der Waals surface area contributed by atoms with Gasteiger partial charge in [0.25, 0.3) is 0 Å². The molecule has 2 rings (SSSR count). The third-order valence-electron chi connectivity index (χ3n) is 2.57. The summed E-state index contributed by atoms with van der Waals surface area (Å²) in [6, 6.07) is 0. The Kier molecular flexibility index (Phi) is 1.85. The molecule has 0 saturated carbocycles. The molecule has 2 aliphatic rings. The number of ether oxygens (including phenoxy) is 1. The van der Waals surface area contributed by atoms with Crippen LogP contribution in [0.1, 0.15) is 19.3 Å². The fourth-order valence-corrected chi connectivity index (χ4v) is 1.75. The molecule has 0 N–H and O–H groups in total. The van der Waals surface area contributed by atoms with E-state index < -0.39 is 5.79 Å². The predicted octanol–water partition coefficient (Wildman–Crippen LogP) is 1.17. The Labute approximate surface area is 66.3 Å². The number of alkyl halides is 1. The lowest BCUT2D eigenvalue weighted by atomic mass is 10.1. The van der Waals surface area contributed by atoms with Crippen molar-refractivity contribution < 1.29 is 9.13 Å². The first-order valence-electron chi connectivity index (χ1n) is 4.33. The van der Waals surface area contributed by atoms with Crippen LogP contribution in [0.5, 0.6) is 0 Å². The third kappa shape index (κ3) is 1.27. The van der Waals surface area contributed by atoms with Crippen LogP contribution in [0.15, 0.2) is 0 Å². The first-order valence-corrected chi connectivity index (χ1v) is 4.33. The van der Waals surface area contributed by atoms with Gasteiger partial charge in [-0.1, -0.05) is 6.42 Å². The molecule has 2 saturated heterocycles. The average Bonchev–Trinajstić information content (AvgIpc) is 2.02. The van der Waals surface area contributed by atoms with Gasteiger partial charge in [-0.3, -0.25) is 4.90 Å². The predicted molar refractivity (Wildman–Crippen MR) is 40.1 cm³/mol. The summed E-state index contributed by atoms with van der Waals surface area (Å²) in [5, 5.41) is 0. The summed E-state index contributed by atoms with van der Waals surface area (Å²) in [5.74, 6) is -1.10. The molecule has 0 atom stereocenters. The highest BCUT2D eigenvalue weighted by Crippen LogP contribution is 2.29. The Morgan fingerprint density at radius 2 is 1.73 bits per heavy atom. The third-order valence-corrected chi connectivity index (χ3v) is 2.57. The minimum absolute atomic E-state index is 0.285. The Balaban J connectivity index is 1.91. The van der Waals surface area contributed by atoms with Crippen LogP contribution in [0.4, 0.5) is 4.39 Å². The fourth-order valence-electron chi connectivity index (χ4n) is 1.75. The molecule has 0 spiro atoms. The molecule has 64 valence electrons. The number of piperidine rings is 1. The second kappa shape index (κ2) is 2.72. The molecule has 11 heavy (non-hydrogen) atoms. The first-order chi connectivity index (χ1) is 5.31. The molecule has 3 heteroatoms. The molecule has 0 amide bonds. The Bertz CT molecular complexity index is 141. The van der Waals surface area contributed by atoms with E-state index in [0.29, 0.717) is 0 Å². The van der Waals surface area contributed by atoms with E-state index in [2.05, 4.69) is 0 Å². The Hall–Kier alpha value is -0.150. The van der Waals surface area contributed by atoms with Crippen molar-refractivity contribution in [2.45, 2.75) is 25.1 Å². The lowest BCUT2D eigenvalue weighted by Crippen LogP contribution is -2.60. The normalized spacial score (nSPS) is 31.4. The molecule has 0 unspecified atom stereocenters. The summed E-state index contributed by atoms with van der Waals surface area (Å²) in [4.78, 5) is 1.93. The highest BCUT2D eigenvalue weighted by Gasteiger charge is 2.44. The lowest BCUT2D eigenvalue weighted by Gasteiger charge is -2.44. The second-order valence-electron chi connectivity index (χ2n) is 3.46. The molecule has 2 nitrogen and oxygen atoms in total. The van der Waals surface area contributed by atoms with E-state index in [1.165, 1.54) is 6.42 Å². The van der Waals surface area contributed by atoms with Crippen molar-refractivity contribution in [3.8, 4) is 0 Å². The molecule has 2 heterocycles. The SMILES string of the molecule is FC1(N2CCCCC2)COC1. The summed E-state index contributed by atoms with van der Waals surface area (Å²) in [6.45, 7) is 2.40. The molecular weight excluding hydrogens is 145 g/mol. The van der Waals surface area contributed by atoms with Crippen molar-refractivity contribution in [3.63, 3.8) is 0 Å². The van der Waals surface area contributed by atoms with E-state index in [4.69, 9.17) is 4.74 Å². The van der Waals surface area contributed by atoms with Gasteiger partial charge in [0, 0.05) is 13.1 Å². The quantitative estimate of drug-likeness (QED) is 0.532. The van der Waals surface area contributed by atoms with Gasteiger partial charge in [0.1, 0.15) is 0 Å². The van der Waals surface area contributed by atoms with Crippen LogP contribution in [-0.2, 0) is 4.74 Å². The van der Waals surface area contributed by atoms with E-state index in [0.717, 1.165) is 25.9 Å². The standard InChI is InChI=1S/C8H14FNO/c9-8(6-11-7-8)10-4-2-1-3-5-10/h1-7H2. The molecule has 2 fully saturated rings. The molecular formula is C8H14FNO. The summed E-state index contributed by atoms with van der Waals surface area (Å²) < 4.78 is 18.5. The van der Waals surface area contributed by atoms with Gasteiger partial charge < -0.3 is 4.74 Å². The topological polar surface area (TPSA) is 12.5 Å². The number of nitrogens with zero attached hydrogens (tertiary/aromatic N) is 1. The number of hydrogen-bond acceptors (Lipinski definition) is 2. The first kappa shape index (κ1) is 7.50. The summed E-state index contributed by atoms with van der Waals surface area (Å²) in [5.41, 5.74) is 0. The van der Waals surface area contributed by atoms with Gasteiger partial charge in [-0.15, -0.1) is 0 Å². The Morgan fingerprint density at radius 1 is 1.09 bits per heavy atom. The summed E-state index contributed by atoms with van der Waals surface area (Å²) in [6.07, 6.45) is 3.55. The van der Waals surface area contributed by atoms with E-state index in [9.17, 15) is 4.39 Å². The molecule has 0 bridgehead atoms. The fraction of sp³-hybridized carbons (Fsp3) is 1.00. The largest absolute Gasteiger partial charge is 0.372 e. The zero-order valence-corrected chi connectivity index (χ0v) is 6.68. The monoisotopic (exact) mass is 159 g/mol. The zero-order valence-electron chi connectivity index (χ0n) is 6.68. The van der Waals surface area contributed by atoms with E-state index >= 15 is 0 Å². The number of likely N-dealkylation sites (tertiary alicyclic amines) is 1. The Morgan fingerprint density at radius 3 is 2.18 bits per heavy atom. The van der Waals surface area contributed by atoms with Crippen molar-refractivity contribution in [1.82, 2.24) is 4.90 Å². The maximum absolute atomic E-state index is 13.6. The van der Waals surface area contributed by atoms with Crippen molar-refractivity contribution in [2.24, 2.45) is 0 Å². The van der Waals surface area contributed by atoms with Crippen LogP contribution in [0.3, 0.4) is 0 Å². The zero-order chi connectivity index (χ0) is 7.73. The minimum atomic E-state index is -1.10. The minimum Gasteiger partial charge on any atom is -0.372 e. The van der Waals surface area contributed by atoms with Crippen LogP contribution < -0.4 is 0 Å². The van der Waals surface area contributed by atoms with E-state index in [-0.39, 0.29) is 13.2 Å². The number of hydrogen-bond donors (Lipinski definition) is 0. The van der Waals surface area contributed by atoms with Gasteiger partial charge in [0.2, 0.25) is 5.79 Å². The van der Waals surface area contributed by atoms with Gasteiger partial charge in [-0.25, -0.2) is 4.39 Å². The molecule has 0 aliphatic carbocycles. The highest BCUT2D eigenvalue weighted by atomic mass is 19.1. The van der Waals surface area contributed by atoms with Gasteiger partial charge >= 0.3 is 0 Å². The van der Waals surface area contributed by atoms with Crippen molar-refractivity contribution in [1.29, 1.82) is 0 Å². The lowest BCUT2D eigenvalue weighted by molar-refractivity contribution is -0.217. The van der Waals surface area contributed by atoms with Crippen LogP contribution in [0, 0.1) is 0 Å². The molecule has 2 aliphatic heterocycles. The van der Waals surface area contributed by atoms with Crippen LogP contribution in [0.25, 0.3) is 0 Å². The van der Waals surface area contributed by atoms with Crippen molar-refractivity contribution in [3.05, 3.63) is 0 Å². The van der Waals surface area contributed by atoms with E-state index in [1.54, 1.807) is 0 Å². The van der Waals surface area contributed by atoms with Gasteiger partial charge in [0.05, 0.1) is 13.2 Å². The van der Waals surface area contributed by atoms with Crippen molar-refractivity contribution in [2.75, 3.05) is 26.3 Å². The smallest absolute Gasteiger partial charge is 0.210 e. The van der Waals surface area contributed by atoms with Gasteiger partial charge in [-0.2, -0.15) is 0 Å². The molecule has 0 radical (unpaired) electrons. The number of halogens is 1. The van der Waals surface area contributed by atoms with Crippen LogP contribution in [-0.4, -0.2) is 37.0 Å². The maximum Gasteiger partial charge on any atom is 0.210 e. The van der Waals surface area contributed by atoms with Crippen molar-refractivity contribution >= 4 is 0 Å². The molecule has 0 aromatic rings. The maximum atomic E-state index is 13.6. The highest BCUT2D eigenvalue weighted by molar-refractivity contribution is 4.87. The van der Waals surface area contributed by atoms with Gasteiger partial charge in [0.15, 0.2) is 0 Å².